The smallest absolute Gasteiger partial charge is 0.244 e. The van der Waals surface area contributed by atoms with Gasteiger partial charge in [-0.05, 0) is 37.3 Å². The maximum absolute atomic E-state index is 12.1. The van der Waals surface area contributed by atoms with E-state index in [2.05, 4.69) is 17.6 Å². The van der Waals surface area contributed by atoms with Crippen LogP contribution in [0.5, 0.6) is 0 Å². The molecule has 1 fully saturated rings. The zero-order valence-electron chi connectivity index (χ0n) is 8.88. The van der Waals surface area contributed by atoms with Crippen LogP contribution in [-0.4, -0.2) is 18.0 Å². The lowest BCUT2D eigenvalue weighted by molar-refractivity contribution is -0.122. The molecule has 1 unspecified atom stereocenters. The van der Waals surface area contributed by atoms with Gasteiger partial charge in [-0.15, -0.1) is 0 Å². The number of carbonyl (C=O) groups is 1. The van der Waals surface area contributed by atoms with E-state index in [9.17, 15) is 4.79 Å². The molecule has 82 valence electrons. The second kappa shape index (κ2) is 4.33. The molecule has 15 heavy (non-hydrogen) atoms. The van der Waals surface area contributed by atoms with Crippen molar-refractivity contribution in [2.45, 2.75) is 31.7 Å². The monoisotopic (exact) mass is 224 g/mol. The van der Waals surface area contributed by atoms with E-state index in [4.69, 9.17) is 0 Å². The van der Waals surface area contributed by atoms with Gasteiger partial charge in [0.25, 0.3) is 0 Å². The van der Waals surface area contributed by atoms with Gasteiger partial charge >= 0.3 is 0 Å². The molecule has 2 heterocycles. The number of amides is 1. The largest absolute Gasteiger partial charge is 0.324 e. The predicted molar refractivity (Wildman–Crippen MR) is 63.2 cm³/mol. The topological polar surface area (TPSA) is 41.1 Å². The molecule has 0 spiro atoms. The minimum atomic E-state index is -0.331. The minimum Gasteiger partial charge on any atom is -0.324 e. The van der Waals surface area contributed by atoms with Crippen molar-refractivity contribution in [1.29, 1.82) is 0 Å². The molecule has 3 nitrogen and oxygen atoms in total. The third-order valence-electron chi connectivity index (χ3n) is 3.06. The molecule has 1 amide bonds. The Hall–Kier alpha value is -0.870. The van der Waals surface area contributed by atoms with E-state index in [1.54, 1.807) is 11.3 Å². The highest BCUT2D eigenvalue weighted by Gasteiger charge is 2.38. The molecule has 0 aliphatic carbocycles. The summed E-state index contributed by atoms with van der Waals surface area (Å²) in [5, 5.41) is 10.2. The van der Waals surface area contributed by atoms with Crippen LogP contribution < -0.4 is 10.6 Å². The van der Waals surface area contributed by atoms with Gasteiger partial charge in [-0.25, -0.2) is 0 Å². The molecular formula is C11H16N2OS. The van der Waals surface area contributed by atoms with Gasteiger partial charge in [0.2, 0.25) is 5.91 Å². The van der Waals surface area contributed by atoms with E-state index in [-0.39, 0.29) is 11.4 Å². The fourth-order valence-electron chi connectivity index (χ4n) is 2.05. The first-order chi connectivity index (χ1) is 7.27. The second-order valence-corrected chi connectivity index (χ2v) is 4.71. The summed E-state index contributed by atoms with van der Waals surface area (Å²) in [6, 6.07) is 1.93. The number of anilines is 1. The molecular weight excluding hydrogens is 208 g/mol. The summed E-state index contributed by atoms with van der Waals surface area (Å²) in [7, 11) is 0. The van der Waals surface area contributed by atoms with E-state index >= 15 is 0 Å². The highest BCUT2D eigenvalue weighted by molar-refractivity contribution is 7.08. The number of hydrogen-bond acceptors (Lipinski definition) is 3. The number of thiophene rings is 1. The summed E-state index contributed by atoms with van der Waals surface area (Å²) >= 11 is 1.60. The first kappa shape index (κ1) is 10.6. The molecule has 4 heteroatoms. The van der Waals surface area contributed by atoms with Gasteiger partial charge < -0.3 is 10.6 Å². The Morgan fingerprint density at radius 1 is 1.73 bits per heavy atom. The summed E-state index contributed by atoms with van der Waals surface area (Å²) < 4.78 is 0. The van der Waals surface area contributed by atoms with Crippen LogP contribution in [0.3, 0.4) is 0 Å². The summed E-state index contributed by atoms with van der Waals surface area (Å²) in [5.41, 5.74) is 0.577. The predicted octanol–water partition coefficient (Wildman–Crippen LogP) is 2.22. The lowest BCUT2D eigenvalue weighted by Crippen LogP contribution is -2.50. The summed E-state index contributed by atoms with van der Waals surface area (Å²) in [6.07, 6.45) is 2.88. The van der Waals surface area contributed by atoms with Crippen molar-refractivity contribution in [3.8, 4) is 0 Å². The molecule has 2 N–H and O–H groups in total. The minimum absolute atomic E-state index is 0.112. The molecule has 1 aromatic heterocycles. The molecule has 1 atom stereocenters. The zero-order valence-corrected chi connectivity index (χ0v) is 9.69. The van der Waals surface area contributed by atoms with Crippen LogP contribution in [0.4, 0.5) is 5.69 Å². The van der Waals surface area contributed by atoms with Gasteiger partial charge in [-0.1, -0.05) is 6.92 Å². The van der Waals surface area contributed by atoms with Crippen molar-refractivity contribution >= 4 is 22.9 Å². The number of nitrogens with one attached hydrogen (secondary N) is 2. The maximum atomic E-state index is 12.1. The van der Waals surface area contributed by atoms with Gasteiger partial charge in [0.1, 0.15) is 0 Å². The summed E-state index contributed by atoms with van der Waals surface area (Å²) in [4.78, 5) is 12.1. The number of hydrogen-bond donors (Lipinski definition) is 2. The Morgan fingerprint density at radius 3 is 3.13 bits per heavy atom. The molecule has 0 bridgehead atoms. The Balaban J connectivity index is 2.06. The normalized spacial score (nSPS) is 25.4. The second-order valence-electron chi connectivity index (χ2n) is 3.93. The first-order valence-corrected chi connectivity index (χ1v) is 6.30. The van der Waals surface area contributed by atoms with Gasteiger partial charge in [-0.2, -0.15) is 11.3 Å². The Kier molecular flexibility index (Phi) is 3.07. The standard InChI is InChI=1S/C11H16N2OS/c1-2-11(5-3-6-12-11)10(14)13-9-4-7-15-8-9/h4,7-8,12H,2-3,5-6H2,1H3,(H,13,14). The fraction of sp³-hybridized carbons (Fsp3) is 0.545. The van der Waals surface area contributed by atoms with Crippen molar-refractivity contribution in [3.63, 3.8) is 0 Å². The molecule has 0 saturated carbocycles. The highest BCUT2D eigenvalue weighted by Crippen LogP contribution is 2.25. The van der Waals surface area contributed by atoms with Crippen LogP contribution in [0, 0.1) is 0 Å². The Bertz CT molecular complexity index is 328. The van der Waals surface area contributed by atoms with Gasteiger partial charge in [0.05, 0.1) is 11.2 Å². The summed E-state index contributed by atoms with van der Waals surface area (Å²) in [5.74, 6) is 0.112. The van der Waals surface area contributed by atoms with Crippen LogP contribution in [0.25, 0.3) is 0 Å². The highest BCUT2D eigenvalue weighted by atomic mass is 32.1. The fourth-order valence-corrected chi connectivity index (χ4v) is 2.64. The van der Waals surface area contributed by atoms with Gasteiger partial charge in [0, 0.05) is 5.38 Å². The lowest BCUT2D eigenvalue weighted by atomic mass is 9.93. The molecule has 1 aliphatic heterocycles. The van der Waals surface area contributed by atoms with Crippen LogP contribution in [0.15, 0.2) is 16.8 Å². The number of carbonyl (C=O) groups excluding carboxylic acids is 1. The third kappa shape index (κ3) is 2.06. The van der Waals surface area contributed by atoms with E-state index < -0.39 is 0 Å². The lowest BCUT2D eigenvalue weighted by Gasteiger charge is -2.26. The van der Waals surface area contributed by atoms with Crippen LogP contribution >= 0.6 is 11.3 Å². The molecule has 1 aromatic rings. The molecule has 1 aliphatic rings. The quantitative estimate of drug-likeness (QED) is 0.826. The molecule has 2 rings (SSSR count). The average Bonchev–Trinajstić information content (AvgIpc) is 2.87. The SMILES string of the molecule is CCC1(C(=O)Nc2ccsc2)CCCN1. The Labute approximate surface area is 93.9 Å². The van der Waals surface area contributed by atoms with Crippen molar-refractivity contribution in [2.24, 2.45) is 0 Å². The zero-order chi connectivity index (χ0) is 10.7. The van der Waals surface area contributed by atoms with Gasteiger partial charge in [0.15, 0.2) is 0 Å². The van der Waals surface area contributed by atoms with Gasteiger partial charge in [-0.3, -0.25) is 4.79 Å². The maximum Gasteiger partial charge on any atom is 0.244 e. The molecule has 1 saturated heterocycles. The molecule has 0 aromatic carbocycles. The average molecular weight is 224 g/mol. The van der Waals surface area contributed by atoms with Crippen molar-refractivity contribution in [2.75, 3.05) is 11.9 Å². The van der Waals surface area contributed by atoms with E-state index in [1.165, 1.54) is 0 Å². The van der Waals surface area contributed by atoms with Crippen LogP contribution in [0.1, 0.15) is 26.2 Å². The number of rotatable bonds is 3. The third-order valence-corrected chi connectivity index (χ3v) is 3.74. The van der Waals surface area contributed by atoms with Crippen molar-refractivity contribution in [3.05, 3.63) is 16.8 Å². The van der Waals surface area contributed by atoms with E-state index in [0.29, 0.717) is 0 Å². The van der Waals surface area contributed by atoms with E-state index in [0.717, 1.165) is 31.5 Å². The van der Waals surface area contributed by atoms with Crippen molar-refractivity contribution < 1.29 is 4.79 Å². The first-order valence-electron chi connectivity index (χ1n) is 5.35. The van der Waals surface area contributed by atoms with E-state index in [1.807, 2.05) is 16.8 Å². The summed E-state index contributed by atoms with van der Waals surface area (Å²) in [6.45, 7) is 3.01. The van der Waals surface area contributed by atoms with Crippen LogP contribution in [-0.2, 0) is 4.79 Å². The van der Waals surface area contributed by atoms with Crippen molar-refractivity contribution in [1.82, 2.24) is 5.32 Å². The Morgan fingerprint density at radius 2 is 2.60 bits per heavy atom. The van der Waals surface area contributed by atoms with Crippen LogP contribution in [0.2, 0.25) is 0 Å². The molecule has 0 radical (unpaired) electrons.